The number of hydrogen-bond acceptors (Lipinski definition) is 6. The van der Waals surface area contributed by atoms with Crippen LogP contribution in [-0.2, 0) is 21.7 Å². The summed E-state index contributed by atoms with van der Waals surface area (Å²) in [6.45, 7) is 3.68. The lowest BCUT2D eigenvalue weighted by Crippen LogP contribution is -2.33. The first-order chi connectivity index (χ1) is 17.3. The van der Waals surface area contributed by atoms with Gasteiger partial charge in [-0.2, -0.15) is 0 Å². The van der Waals surface area contributed by atoms with Gasteiger partial charge in [-0.05, 0) is 60.4 Å². The third-order valence-electron chi connectivity index (χ3n) is 7.11. The highest BCUT2D eigenvalue weighted by Gasteiger charge is 2.42. The van der Waals surface area contributed by atoms with Crippen molar-refractivity contribution in [3.8, 4) is 17.1 Å². The van der Waals surface area contributed by atoms with Gasteiger partial charge in [-0.1, -0.05) is 31.5 Å². The molecule has 184 valence electrons. The van der Waals surface area contributed by atoms with Crippen molar-refractivity contribution >= 4 is 52.2 Å². The van der Waals surface area contributed by atoms with Gasteiger partial charge in [0, 0.05) is 40.8 Å². The molecule has 1 amide bonds. The van der Waals surface area contributed by atoms with E-state index in [1.54, 1.807) is 12.3 Å². The van der Waals surface area contributed by atoms with E-state index < -0.39 is 5.41 Å². The average molecular weight is 536 g/mol. The molecular formula is C27H26ClN5OS2. The fourth-order valence-electron chi connectivity index (χ4n) is 5.13. The second-order valence-electron chi connectivity index (χ2n) is 9.96. The molecule has 0 unspecified atom stereocenters. The molecule has 9 heteroatoms. The molecule has 0 bridgehead atoms. The first-order valence-corrected chi connectivity index (χ1v) is 14.3. The van der Waals surface area contributed by atoms with Crippen LogP contribution in [0.1, 0.15) is 37.1 Å². The fourth-order valence-corrected chi connectivity index (χ4v) is 8.64. The lowest BCUT2D eigenvalue weighted by atomic mass is 9.85. The minimum absolute atomic E-state index is 0.201. The second kappa shape index (κ2) is 8.78. The highest BCUT2D eigenvalue weighted by atomic mass is 35.5. The minimum atomic E-state index is -0.750. The maximum absolute atomic E-state index is 12.1. The second-order valence-corrected chi connectivity index (χ2v) is 13.4. The number of halogens is 1. The number of thioether (sulfide) groups is 2. The number of nitrogens with zero attached hydrogens (tertiary/aromatic N) is 4. The highest BCUT2D eigenvalue weighted by Crippen LogP contribution is 2.59. The van der Waals surface area contributed by atoms with Crippen molar-refractivity contribution < 1.29 is 4.79 Å². The molecule has 1 spiro atoms. The summed E-state index contributed by atoms with van der Waals surface area (Å²) in [7, 11) is 0. The standard InChI is InChI=1S/C27H26ClN5OS2/c1-26(2,25(29)34)15-21-18(4-3-11-30-21)23-31-20-7-8-22(28)32-24(20)33(23)17-5-6-19-16(14-17)9-10-27(19)35-12-13-36-27/h3-8,11,14H,9-10,12-13,15H2,1-2H3,(H2,29,34). The van der Waals surface area contributed by atoms with Crippen LogP contribution in [0.15, 0.2) is 48.7 Å². The molecule has 4 aromatic rings. The summed E-state index contributed by atoms with van der Waals surface area (Å²) in [5, 5.41) is 0.412. The van der Waals surface area contributed by atoms with E-state index in [1.807, 2.05) is 32.0 Å². The molecular weight excluding hydrogens is 510 g/mol. The number of hydrogen-bond donors (Lipinski definition) is 1. The van der Waals surface area contributed by atoms with Gasteiger partial charge in [0.05, 0.1) is 9.77 Å². The van der Waals surface area contributed by atoms with E-state index in [2.05, 4.69) is 56.3 Å². The number of benzene rings is 1. The normalized spacial score (nSPS) is 16.6. The Kier molecular flexibility index (Phi) is 5.81. The number of imidazole rings is 1. The maximum atomic E-state index is 12.1. The van der Waals surface area contributed by atoms with Crippen LogP contribution in [0.4, 0.5) is 0 Å². The van der Waals surface area contributed by atoms with Gasteiger partial charge in [0.2, 0.25) is 5.91 Å². The lowest BCUT2D eigenvalue weighted by molar-refractivity contribution is -0.125. The van der Waals surface area contributed by atoms with E-state index in [0.717, 1.165) is 41.1 Å². The fraction of sp³-hybridized carbons (Fsp3) is 0.333. The molecule has 1 aliphatic heterocycles. The Morgan fingerprint density at radius 2 is 1.97 bits per heavy atom. The number of primary amides is 1. The predicted octanol–water partition coefficient (Wildman–Crippen LogP) is 5.77. The van der Waals surface area contributed by atoms with Gasteiger partial charge in [-0.25, -0.2) is 9.97 Å². The number of carbonyl (C=O) groups is 1. The minimum Gasteiger partial charge on any atom is -0.369 e. The first-order valence-electron chi connectivity index (χ1n) is 12.0. The highest BCUT2D eigenvalue weighted by molar-refractivity contribution is 8.20. The third-order valence-corrected chi connectivity index (χ3v) is 10.9. The molecule has 4 heterocycles. The quantitative estimate of drug-likeness (QED) is 0.326. The van der Waals surface area contributed by atoms with Crippen LogP contribution in [-0.4, -0.2) is 36.9 Å². The van der Waals surface area contributed by atoms with Crippen LogP contribution < -0.4 is 5.73 Å². The van der Waals surface area contributed by atoms with Gasteiger partial charge in [-0.15, -0.1) is 23.5 Å². The molecule has 1 aliphatic carbocycles. The van der Waals surface area contributed by atoms with Crippen LogP contribution >= 0.6 is 35.1 Å². The Hall–Kier alpha value is -2.55. The number of aromatic nitrogens is 4. The average Bonchev–Trinajstić information content (AvgIpc) is 3.57. The van der Waals surface area contributed by atoms with E-state index in [0.29, 0.717) is 17.2 Å². The Balaban J connectivity index is 1.54. The molecule has 6 rings (SSSR count). The van der Waals surface area contributed by atoms with Crippen LogP contribution in [0.5, 0.6) is 0 Å². The summed E-state index contributed by atoms with van der Waals surface area (Å²) < 4.78 is 2.27. The lowest BCUT2D eigenvalue weighted by Gasteiger charge is -2.23. The van der Waals surface area contributed by atoms with Crippen molar-refractivity contribution in [3.05, 3.63) is 70.6 Å². The van der Waals surface area contributed by atoms with Gasteiger partial charge >= 0.3 is 0 Å². The molecule has 2 N–H and O–H groups in total. The number of rotatable bonds is 5. The zero-order valence-corrected chi connectivity index (χ0v) is 22.5. The number of amides is 1. The van der Waals surface area contributed by atoms with E-state index in [-0.39, 0.29) is 9.99 Å². The molecule has 1 aromatic carbocycles. The van der Waals surface area contributed by atoms with Crippen molar-refractivity contribution in [1.82, 2.24) is 19.5 Å². The monoisotopic (exact) mass is 535 g/mol. The van der Waals surface area contributed by atoms with E-state index >= 15 is 0 Å². The van der Waals surface area contributed by atoms with E-state index in [9.17, 15) is 4.79 Å². The third kappa shape index (κ3) is 3.90. The topological polar surface area (TPSA) is 86.7 Å². The Bertz CT molecular complexity index is 1510. The van der Waals surface area contributed by atoms with Crippen LogP contribution in [0.2, 0.25) is 5.15 Å². The van der Waals surface area contributed by atoms with Crippen LogP contribution in [0.3, 0.4) is 0 Å². The summed E-state index contributed by atoms with van der Waals surface area (Å²) >= 11 is 10.5. The molecule has 1 saturated heterocycles. The molecule has 3 aromatic heterocycles. The maximum Gasteiger partial charge on any atom is 0.223 e. The Morgan fingerprint density at radius 1 is 1.17 bits per heavy atom. The van der Waals surface area contributed by atoms with Gasteiger partial charge < -0.3 is 5.73 Å². The van der Waals surface area contributed by atoms with E-state index in [4.69, 9.17) is 22.3 Å². The van der Waals surface area contributed by atoms with Crippen molar-refractivity contribution in [2.24, 2.45) is 11.1 Å². The number of carbonyl (C=O) groups excluding carboxylic acids is 1. The first kappa shape index (κ1) is 23.8. The molecule has 0 radical (unpaired) electrons. The summed E-state index contributed by atoms with van der Waals surface area (Å²) in [6, 6.07) is 14.3. The van der Waals surface area contributed by atoms with Gasteiger partial charge in [-0.3, -0.25) is 14.3 Å². The number of aryl methyl sites for hydroxylation is 1. The summed E-state index contributed by atoms with van der Waals surface area (Å²) in [6.07, 6.45) is 4.36. The molecule has 0 saturated carbocycles. The number of pyridine rings is 2. The van der Waals surface area contributed by atoms with Crippen LogP contribution in [0.25, 0.3) is 28.2 Å². The van der Waals surface area contributed by atoms with E-state index in [1.165, 1.54) is 22.6 Å². The Labute approximate surface area is 223 Å². The zero-order valence-electron chi connectivity index (χ0n) is 20.1. The van der Waals surface area contributed by atoms with Gasteiger partial charge in [0.1, 0.15) is 16.5 Å². The van der Waals surface area contributed by atoms with Gasteiger partial charge in [0.15, 0.2) is 5.65 Å². The SMILES string of the molecule is CC(C)(Cc1ncccc1-c1nc2ccc(Cl)nc2n1-c1ccc2c(c1)CCC21SCCS1)C(N)=O. The zero-order chi connectivity index (χ0) is 25.1. The molecule has 6 nitrogen and oxygen atoms in total. The van der Waals surface area contributed by atoms with Crippen molar-refractivity contribution in [2.45, 2.75) is 37.2 Å². The molecule has 1 fully saturated rings. The number of fused-ring (bicyclic) bond motifs is 3. The summed E-state index contributed by atoms with van der Waals surface area (Å²) in [5.74, 6) is 2.77. The van der Waals surface area contributed by atoms with Crippen LogP contribution in [0, 0.1) is 5.41 Å². The van der Waals surface area contributed by atoms with Crippen molar-refractivity contribution in [3.63, 3.8) is 0 Å². The molecule has 36 heavy (non-hydrogen) atoms. The van der Waals surface area contributed by atoms with Crippen molar-refractivity contribution in [1.29, 1.82) is 0 Å². The molecule has 0 atom stereocenters. The predicted molar refractivity (Wildman–Crippen MR) is 149 cm³/mol. The Morgan fingerprint density at radius 3 is 2.75 bits per heavy atom. The largest absolute Gasteiger partial charge is 0.369 e. The van der Waals surface area contributed by atoms with Crippen molar-refractivity contribution in [2.75, 3.05) is 11.5 Å². The number of nitrogens with two attached hydrogens (primary N) is 1. The summed E-state index contributed by atoms with van der Waals surface area (Å²) in [5.41, 5.74) is 11.8. The summed E-state index contributed by atoms with van der Waals surface area (Å²) in [4.78, 5) is 26.4. The smallest absolute Gasteiger partial charge is 0.223 e. The molecule has 2 aliphatic rings. The van der Waals surface area contributed by atoms with Gasteiger partial charge in [0.25, 0.3) is 0 Å².